The number of esters is 1. The second-order valence-corrected chi connectivity index (χ2v) is 13.2. The summed E-state index contributed by atoms with van der Waals surface area (Å²) in [5.74, 6) is -0.694. The SMILES string of the molecule is COC(=O)c1ccc2c(c1)NC(=O)/C2=C(\Nc1ccc(N(C)C(=O)CN2CCN(C)CC2)cc1)c1ccccc1.O.O=S(=O)(O)c1ccccc1. The molecule has 5 N–H and O–H groups in total. The average Bonchev–Trinajstić information content (AvgIpc) is 3.46. The second kappa shape index (κ2) is 17.0. The van der Waals surface area contributed by atoms with E-state index in [1.165, 1.54) is 19.2 Å². The Morgan fingerprint density at radius 3 is 2.06 bits per heavy atom. The molecule has 2 heterocycles. The van der Waals surface area contributed by atoms with Gasteiger partial charge in [-0.3, -0.25) is 19.0 Å². The highest BCUT2D eigenvalue weighted by atomic mass is 32.2. The summed E-state index contributed by atoms with van der Waals surface area (Å²) < 4.78 is 34.1. The predicted molar refractivity (Wildman–Crippen MR) is 197 cm³/mol. The minimum atomic E-state index is -4.00. The van der Waals surface area contributed by atoms with Crippen molar-refractivity contribution >= 4 is 56.2 Å². The summed E-state index contributed by atoms with van der Waals surface area (Å²) in [5.41, 5.74) is 5.10. The van der Waals surface area contributed by atoms with E-state index in [0.717, 1.165) is 43.1 Å². The minimum absolute atomic E-state index is 0. The quantitative estimate of drug-likeness (QED) is 0.138. The normalized spacial score (nSPS) is 15.3. The van der Waals surface area contributed by atoms with Crippen LogP contribution in [0.25, 0.3) is 11.3 Å². The number of hydrogen-bond acceptors (Lipinski definition) is 9. The van der Waals surface area contributed by atoms with Crippen LogP contribution >= 0.6 is 0 Å². The Balaban J connectivity index is 0.000000458. The maximum absolute atomic E-state index is 13.2. The van der Waals surface area contributed by atoms with Gasteiger partial charge < -0.3 is 30.6 Å². The Labute approximate surface area is 297 Å². The Hall–Kier alpha value is -5.38. The predicted octanol–water partition coefficient (Wildman–Crippen LogP) is 3.72. The number of nitrogens with zero attached hydrogens (tertiary/aromatic N) is 3. The molecule has 51 heavy (non-hydrogen) atoms. The molecule has 0 unspecified atom stereocenters. The highest BCUT2D eigenvalue weighted by Gasteiger charge is 2.29. The lowest BCUT2D eigenvalue weighted by atomic mass is 9.99. The summed E-state index contributed by atoms with van der Waals surface area (Å²) in [6.07, 6.45) is 0. The molecule has 0 aromatic heterocycles. The molecule has 6 rings (SSSR count). The Morgan fingerprint density at radius 1 is 0.882 bits per heavy atom. The molecule has 2 aliphatic rings. The third-order valence-corrected chi connectivity index (χ3v) is 9.26. The topological polar surface area (TPSA) is 180 Å². The fraction of sp³-hybridized carbons (Fsp3) is 0.216. The molecule has 4 aromatic carbocycles. The van der Waals surface area contributed by atoms with Crippen molar-refractivity contribution in [3.8, 4) is 0 Å². The lowest BCUT2D eigenvalue weighted by Crippen LogP contribution is -2.48. The molecular weight excluding hydrogens is 675 g/mol. The first-order valence-corrected chi connectivity index (χ1v) is 17.3. The number of carbonyl (C=O) groups is 3. The van der Waals surface area contributed by atoms with Gasteiger partial charge in [0.2, 0.25) is 5.91 Å². The summed E-state index contributed by atoms with van der Waals surface area (Å²) in [6.45, 7) is 4.09. The van der Waals surface area contributed by atoms with Crippen LogP contribution in [0.3, 0.4) is 0 Å². The summed E-state index contributed by atoms with van der Waals surface area (Å²) in [6, 6.07) is 29.6. The lowest BCUT2D eigenvalue weighted by molar-refractivity contribution is -0.119. The van der Waals surface area contributed by atoms with E-state index in [9.17, 15) is 22.8 Å². The lowest BCUT2D eigenvalue weighted by Gasteiger charge is -2.32. The summed E-state index contributed by atoms with van der Waals surface area (Å²) in [7, 11) is 1.21. The third kappa shape index (κ3) is 9.66. The zero-order chi connectivity index (χ0) is 35.8. The van der Waals surface area contributed by atoms with E-state index >= 15 is 0 Å². The molecule has 1 saturated heterocycles. The fourth-order valence-corrected chi connectivity index (χ4v) is 6.00. The van der Waals surface area contributed by atoms with E-state index in [1.807, 2.05) is 54.6 Å². The van der Waals surface area contributed by atoms with Crippen LogP contribution in [0.1, 0.15) is 21.5 Å². The van der Waals surface area contributed by atoms with Crippen molar-refractivity contribution in [1.29, 1.82) is 0 Å². The molecule has 0 bridgehead atoms. The number of methoxy groups -OCH3 is 1. The summed E-state index contributed by atoms with van der Waals surface area (Å²) in [5, 5.41) is 6.31. The minimum Gasteiger partial charge on any atom is -0.465 e. The van der Waals surface area contributed by atoms with Crippen molar-refractivity contribution in [1.82, 2.24) is 9.80 Å². The van der Waals surface area contributed by atoms with Gasteiger partial charge in [0.15, 0.2) is 0 Å². The number of anilines is 3. The van der Waals surface area contributed by atoms with Gasteiger partial charge in [0.1, 0.15) is 0 Å². The molecule has 0 saturated carbocycles. The van der Waals surface area contributed by atoms with Crippen molar-refractivity contribution in [3.05, 3.63) is 120 Å². The van der Waals surface area contributed by atoms with Gasteiger partial charge in [-0.05, 0) is 61.1 Å². The van der Waals surface area contributed by atoms with Crippen molar-refractivity contribution in [2.45, 2.75) is 4.90 Å². The maximum atomic E-state index is 13.2. The van der Waals surface area contributed by atoms with Crippen LogP contribution in [0, 0.1) is 0 Å². The molecule has 268 valence electrons. The number of likely N-dealkylation sites (N-methyl/N-ethyl adjacent to an activating group) is 2. The molecule has 2 amide bonds. The van der Waals surface area contributed by atoms with Gasteiger partial charge >= 0.3 is 5.97 Å². The van der Waals surface area contributed by atoms with Crippen LogP contribution in [-0.2, 0) is 24.4 Å². The molecule has 0 radical (unpaired) electrons. The van der Waals surface area contributed by atoms with E-state index in [1.54, 1.807) is 48.3 Å². The van der Waals surface area contributed by atoms with E-state index in [0.29, 0.717) is 34.6 Å². The fourth-order valence-electron chi connectivity index (χ4n) is 5.50. The molecule has 0 atom stereocenters. The highest BCUT2D eigenvalue weighted by molar-refractivity contribution is 7.85. The van der Waals surface area contributed by atoms with Gasteiger partial charge in [-0.25, -0.2) is 4.79 Å². The van der Waals surface area contributed by atoms with E-state index in [2.05, 4.69) is 27.5 Å². The van der Waals surface area contributed by atoms with E-state index < -0.39 is 16.1 Å². The smallest absolute Gasteiger partial charge is 0.337 e. The van der Waals surface area contributed by atoms with Gasteiger partial charge in [-0.1, -0.05) is 54.6 Å². The average molecular weight is 716 g/mol. The van der Waals surface area contributed by atoms with E-state index in [4.69, 9.17) is 9.29 Å². The number of ether oxygens (including phenoxy) is 1. The third-order valence-electron chi connectivity index (χ3n) is 8.39. The Bertz CT molecular complexity index is 1980. The molecule has 4 aromatic rings. The summed E-state index contributed by atoms with van der Waals surface area (Å²) >= 11 is 0. The van der Waals surface area contributed by atoms with Gasteiger partial charge in [0.05, 0.1) is 41.1 Å². The number of fused-ring (bicyclic) bond motifs is 1. The van der Waals surface area contributed by atoms with Gasteiger partial charge in [0.25, 0.3) is 16.0 Å². The largest absolute Gasteiger partial charge is 0.465 e. The van der Waals surface area contributed by atoms with Crippen molar-refractivity contribution < 1.29 is 37.6 Å². The molecule has 14 heteroatoms. The molecule has 2 aliphatic heterocycles. The van der Waals surface area contributed by atoms with Crippen LogP contribution in [-0.4, -0.2) is 100.0 Å². The number of amides is 2. The second-order valence-electron chi connectivity index (χ2n) is 11.8. The molecule has 0 aliphatic carbocycles. The van der Waals surface area contributed by atoms with Crippen LogP contribution in [0.15, 0.2) is 108 Å². The number of rotatable bonds is 8. The van der Waals surface area contributed by atoms with Crippen molar-refractivity contribution in [2.24, 2.45) is 0 Å². The van der Waals surface area contributed by atoms with Crippen molar-refractivity contribution in [2.75, 3.05) is 69.5 Å². The van der Waals surface area contributed by atoms with Crippen LogP contribution in [0.5, 0.6) is 0 Å². The number of benzene rings is 4. The summed E-state index contributed by atoms with van der Waals surface area (Å²) in [4.78, 5) is 44.2. The first-order chi connectivity index (χ1) is 23.9. The van der Waals surface area contributed by atoms with Crippen molar-refractivity contribution in [3.63, 3.8) is 0 Å². The van der Waals surface area contributed by atoms with Gasteiger partial charge in [0, 0.05) is 50.2 Å². The van der Waals surface area contributed by atoms with Crippen LogP contribution in [0.2, 0.25) is 0 Å². The first kappa shape index (κ1) is 38.4. The number of piperazine rings is 1. The number of carbonyl (C=O) groups excluding carboxylic acids is 3. The van der Waals surface area contributed by atoms with E-state index in [-0.39, 0.29) is 22.2 Å². The Morgan fingerprint density at radius 2 is 1.49 bits per heavy atom. The van der Waals surface area contributed by atoms with Crippen LogP contribution in [0.4, 0.5) is 17.1 Å². The molecule has 1 fully saturated rings. The zero-order valence-corrected chi connectivity index (χ0v) is 29.3. The number of nitrogens with one attached hydrogen (secondary N) is 2. The standard InChI is InChI=1S/C31H33N5O4.C6H6O3S.H2O/c1-34-15-17-36(18-16-34)20-27(37)35(2)24-12-10-23(11-13-24)32-29(21-7-5-4-6-8-21)28-25-14-9-22(31(39)40-3)19-26(25)33-30(28)38;7-10(8,9)6-4-2-1-3-5-6;/h4-14,19,32H,15-18,20H2,1-3H3,(H,33,38);1-5H,(H,7,8,9);1H2/b29-28-;;. The van der Waals surface area contributed by atoms with Gasteiger partial charge in [-0.15, -0.1) is 0 Å². The molecule has 0 spiro atoms. The first-order valence-electron chi connectivity index (χ1n) is 15.9. The molecular formula is C37H41N5O8S. The number of hydrogen-bond donors (Lipinski definition) is 3. The van der Waals surface area contributed by atoms with Crippen LogP contribution < -0.4 is 15.5 Å². The Kier molecular flexibility index (Phi) is 12.8. The maximum Gasteiger partial charge on any atom is 0.337 e. The zero-order valence-electron chi connectivity index (χ0n) is 28.5. The molecule has 13 nitrogen and oxygen atoms in total. The van der Waals surface area contributed by atoms with Gasteiger partial charge in [-0.2, -0.15) is 8.42 Å². The highest BCUT2D eigenvalue weighted by Crippen LogP contribution is 2.38. The monoisotopic (exact) mass is 715 g/mol.